The first-order chi connectivity index (χ1) is 9.24. The Morgan fingerprint density at radius 3 is 3.05 bits per heavy atom. The van der Waals surface area contributed by atoms with E-state index in [1.165, 1.54) is 0 Å². The van der Waals surface area contributed by atoms with Gasteiger partial charge in [0.1, 0.15) is 0 Å². The number of ether oxygens (including phenoxy) is 1. The van der Waals surface area contributed by atoms with Crippen molar-refractivity contribution < 1.29 is 9.53 Å². The topological polar surface area (TPSA) is 55.6 Å². The number of nitrogens with two attached hydrogens (primary N) is 1. The van der Waals surface area contributed by atoms with Crippen molar-refractivity contribution in [3.05, 3.63) is 23.8 Å². The third-order valence-electron chi connectivity index (χ3n) is 3.10. The molecule has 19 heavy (non-hydrogen) atoms. The van der Waals surface area contributed by atoms with Gasteiger partial charge in [0.2, 0.25) is 0 Å². The number of rotatable bonds is 3. The van der Waals surface area contributed by atoms with Crippen LogP contribution in [-0.2, 0) is 4.74 Å². The van der Waals surface area contributed by atoms with Gasteiger partial charge in [-0.15, -0.1) is 0 Å². The van der Waals surface area contributed by atoms with Crippen molar-refractivity contribution in [1.29, 1.82) is 0 Å². The molecule has 1 aliphatic heterocycles. The van der Waals surface area contributed by atoms with Crippen molar-refractivity contribution in [3.63, 3.8) is 0 Å². The van der Waals surface area contributed by atoms with Crippen LogP contribution in [0.25, 0.3) is 0 Å². The summed E-state index contributed by atoms with van der Waals surface area (Å²) < 4.78 is 5.12. The van der Waals surface area contributed by atoms with E-state index in [2.05, 4.69) is 4.90 Å². The lowest BCUT2D eigenvalue weighted by atomic mass is 10.1. The molecule has 1 fully saturated rings. The maximum absolute atomic E-state index is 12.0. The molecular formula is C14H20N2O2S. The van der Waals surface area contributed by atoms with Crippen LogP contribution in [0.4, 0.5) is 11.4 Å². The maximum Gasteiger partial charge on any atom is 0.340 e. The molecule has 1 aliphatic rings. The summed E-state index contributed by atoms with van der Waals surface area (Å²) in [5.41, 5.74) is 8.15. The molecule has 0 aromatic heterocycles. The van der Waals surface area contributed by atoms with E-state index in [0.717, 1.165) is 36.7 Å². The maximum atomic E-state index is 12.0. The van der Waals surface area contributed by atoms with Crippen LogP contribution in [0.15, 0.2) is 18.2 Å². The lowest BCUT2D eigenvalue weighted by molar-refractivity contribution is 0.0527. The van der Waals surface area contributed by atoms with Crippen molar-refractivity contribution in [2.75, 3.05) is 41.8 Å². The second-order valence-electron chi connectivity index (χ2n) is 4.42. The highest BCUT2D eigenvalue weighted by Gasteiger charge is 2.20. The first-order valence-corrected chi connectivity index (χ1v) is 7.77. The van der Waals surface area contributed by atoms with E-state index in [9.17, 15) is 4.79 Å². The van der Waals surface area contributed by atoms with Gasteiger partial charge in [0.15, 0.2) is 0 Å². The van der Waals surface area contributed by atoms with Crippen molar-refractivity contribution in [3.8, 4) is 0 Å². The number of carbonyl (C=O) groups is 1. The molecule has 0 saturated carbocycles. The molecule has 0 unspecified atom stereocenters. The summed E-state index contributed by atoms with van der Waals surface area (Å²) in [6.45, 7) is 4.05. The van der Waals surface area contributed by atoms with E-state index in [1.54, 1.807) is 12.1 Å². The van der Waals surface area contributed by atoms with Crippen LogP contribution in [0.3, 0.4) is 0 Å². The molecule has 104 valence electrons. The summed E-state index contributed by atoms with van der Waals surface area (Å²) in [7, 11) is 0. The second-order valence-corrected chi connectivity index (χ2v) is 5.64. The van der Waals surface area contributed by atoms with Gasteiger partial charge in [0.25, 0.3) is 0 Å². The number of nitrogens with zero attached hydrogens (tertiary/aromatic N) is 1. The van der Waals surface area contributed by atoms with E-state index in [-0.39, 0.29) is 5.97 Å². The minimum Gasteiger partial charge on any atom is -0.462 e. The van der Waals surface area contributed by atoms with Gasteiger partial charge in [-0.2, -0.15) is 11.8 Å². The first kappa shape index (κ1) is 14.1. The molecular weight excluding hydrogens is 260 g/mol. The fourth-order valence-corrected chi connectivity index (χ4v) is 3.14. The van der Waals surface area contributed by atoms with Crippen LogP contribution in [0, 0.1) is 0 Å². The van der Waals surface area contributed by atoms with Gasteiger partial charge in [-0.25, -0.2) is 4.79 Å². The first-order valence-electron chi connectivity index (χ1n) is 6.62. The van der Waals surface area contributed by atoms with Crippen LogP contribution in [-0.4, -0.2) is 37.2 Å². The van der Waals surface area contributed by atoms with Gasteiger partial charge >= 0.3 is 5.97 Å². The number of hydrogen-bond acceptors (Lipinski definition) is 5. The Bertz CT molecular complexity index is 443. The molecule has 0 radical (unpaired) electrons. The number of hydrogen-bond donors (Lipinski definition) is 1. The molecule has 1 saturated heterocycles. The summed E-state index contributed by atoms with van der Waals surface area (Å²) in [5, 5.41) is 0. The third-order valence-corrected chi connectivity index (χ3v) is 4.15. The fourth-order valence-electron chi connectivity index (χ4n) is 2.26. The number of nitrogen functional groups attached to an aromatic ring is 1. The lowest BCUT2D eigenvalue weighted by Gasteiger charge is -2.26. The quantitative estimate of drug-likeness (QED) is 0.680. The molecule has 2 rings (SSSR count). The zero-order valence-electron chi connectivity index (χ0n) is 11.2. The largest absolute Gasteiger partial charge is 0.462 e. The van der Waals surface area contributed by atoms with Crippen LogP contribution in [0.5, 0.6) is 0 Å². The summed E-state index contributed by atoms with van der Waals surface area (Å²) in [6.07, 6.45) is 1.11. The summed E-state index contributed by atoms with van der Waals surface area (Å²) in [4.78, 5) is 14.2. The predicted molar refractivity (Wildman–Crippen MR) is 81.0 cm³/mol. The van der Waals surface area contributed by atoms with E-state index < -0.39 is 0 Å². The highest BCUT2D eigenvalue weighted by Crippen LogP contribution is 2.30. The van der Waals surface area contributed by atoms with E-state index in [0.29, 0.717) is 17.9 Å². The smallest absolute Gasteiger partial charge is 0.340 e. The van der Waals surface area contributed by atoms with Crippen LogP contribution in [0.1, 0.15) is 23.7 Å². The molecule has 2 N–H and O–H groups in total. The zero-order chi connectivity index (χ0) is 13.7. The molecule has 1 heterocycles. The Balaban J connectivity index is 2.33. The number of benzene rings is 1. The molecule has 1 aromatic rings. The Hall–Kier alpha value is -1.36. The van der Waals surface area contributed by atoms with E-state index >= 15 is 0 Å². The highest BCUT2D eigenvalue weighted by atomic mass is 32.2. The average molecular weight is 280 g/mol. The summed E-state index contributed by atoms with van der Waals surface area (Å²) in [5.74, 6) is 1.94. The van der Waals surface area contributed by atoms with Crippen molar-refractivity contribution >= 4 is 29.1 Å². The monoisotopic (exact) mass is 280 g/mol. The van der Waals surface area contributed by atoms with Gasteiger partial charge in [0, 0.05) is 18.8 Å². The zero-order valence-corrected chi connectivity index (χ0v) is 12.0. The Morgan fingerprint density at radius 2 is 2.26 bits per heavy atom. The minimum atomic E-state index is -0.290. The molecule has 0 aliphatic carbocycles. The molecule has 0 amide bonds. The molecule has 5 heteroatoms. The van der Waals surface area contributed by atoms with Crippen molar-refractivity contribution in [2.24, 2.45) is 0 Å². The van der Waals surface area contributed by atoms with Gasteiger partial charge in [-0.1, -0.05) is 6.07 Å². The van der Waals surface area contributed by atoms with Crippen LogP contribution < -0.4 is 10.6 Å². The van der Waals surface area contributed by atoms with Crippen LogP contribution >= 0.6 is 11.8 Å². The average Bonchev–Trinajstić information content (AvgIpc) is 2.67. The predicted octanol–water partition coefficient (Wildman–Crippen LogP) is 2.39. The highest BCUT2D eigenvalue weighted by molar-refractivity contribution is 7.99. The summed E-state index contributed by atoms with van der Waals surface area (Å²) in [6, 6.07) is 5.44. The lowest BCUT2D eigenvalue weighted by Crippen LogP contribution is -2.28. The molecule has 0 atom stereocenters. The van der Waals surface area contributed by atoms with Gasteiger partial charge < -0.3 is 15.4 Å². The SMILES string of the molecule is CCOC(=O)c1cccc(N)c1N1CCCSCC1. The number of para-hydroxylation sites is 1. The Morgan fingerprint density at radius 1 is 1.42 bits per heavy atom. The number of carbonyl (C=O) groups excluding carboxylic acids is 1. The Kier molecular flexibility index (Phi) is 4.96. The number of thioether (sulfide) groups is 1. The number of esters is 1. The van der Waals surface area contributed by atoms with Crippen LogP contribution in [0.2, 0.25) is 0 Å². The molecule has 0 bridgehead atoms. The molecule has 0 spiro atoms. The van der Waals surface area contributed by atoms with Crippen molar-refractivity contribution in [1.82, 2.24) is 0 Å². The third kappa shape index (κ3) is 3.35. The molecule has 4 nitrogen and oxygen atoms in total. The van der Waals surface area contributed by atoms with Gasteiger partial charge in [-0.05, 0) is 31.2 Å². The Labute approximate surface area is 118 Å². The van der Waals surface area contributed by atoms with E-state index in [1.807, 2.05) is 24.8 Å². The van der Waals surface area contributed by atoms with Gasteiger partial charge in [0.05, 0.1) is 23.5 Å². The summed E-state index contributed by atoms with van der Waals surface area (Å²) >= 11 is 1.95. The minimum absolute atomic E-state index is 0.290. The fraction of sp³-hybridized carbons (Fsp3) is 0.500. The van der Waals surface area contributed by atoms with E-state index in [4.69, 9.17) is 10.5 Å². The molecule has 1 aromatic carbocycles. The standard InChI is InChI=1S/C14H20N2O2S/c1-2-18-14(17)11-5-3-6-12(15)13(11)16-7-4-9-19-10-8-16/h3,5-6H,2,4,7-10,15H2,1H3. The van der Waals surface area contributed by atoms with Crippen molar-refractivity contribution in [2.45, 2.75) is 13.3 Å². The number of anilines is 2. The second kappa shape index (κ2) is 6.70. The van der Waals surface area contributed by atoms with Gasteiger partial charge in [-0.3, -0.25) is 0 Å². The normalized spacial score (nSPS) is 15.9.